The molecule has 3 rings (SSSR count). The number of carboxylic acids is 1. The topological polar surface area (TPSA) is 66.8 Å². The molecule has 25 heavy (non-hydrogen) atoms. The number of hydrogen-bond donors (Lipinski definition) is 1. The van der Waals surface area contributed by atoms with E-state index in [4.69, 9.17) is 4.74 Å². The number of amides is 1. The first kappa shape index (κ1) is 18.1. The lowest BCUT2D eigenvalue weighted by Crippen LogP contribution is -2.48. The van der Waals surface area contributed by atoms with Gasteiger partial charge in [-0.25, -0.2) is 4.79 Å². The molecule has 5 nitrogen and oxygen atoms in total. The predicted octanol–water partition coefficient (Wildman–Crippen LogP) is 3.17. The summed E-state index contributed by atoms with van der Waals surface area (Å²) in [6.07, 6.45) is 6.03. The summed E-state index contributed by atoms with van der Waals surface area (Å²) < 4.78 is 5.14. The number of carbonyl (C=O) groups is 2. The Bertz CT molecular complexity index is 612. The van der Waals surface area contributed by atoms with Gasteiger partial charge in [0.15, 0.2) is 0 Å². The molecule has 2 atom stereocenters. The molecule has 1 N–H and O–H groups in total. The Labute approximate surface area is 152 Å². The highest BCUT2D eigenvalue weighted by molar-refractivity contribution is 8.00. The Hall–Kier alpha value is -1.69. The van der Waals surface area contributed by atoms with Gasteiger partial charge in [-0.2, -0.15) is 0 Å². The minimum absolute atomic E-state index is 0.00662. The molecule has 1 aromatic rings. The first-order valence-corrected chi connectivity index (χ1v) is 9.93. The molecular weight excluding hydrogens is 338 g/mol. The van der Waals surface area contributed by atoms with Gasteiger partial charge in [-0.15, -0.1) is 11.8 Å². The highest BCUT2D eigenvalue weighted by Crippen LogP contribution is 2.40. The fraction of sp³-hybridized carbons (Fsp3) is 0.579. The Morgan fingerprint density at radius 2 is 1.88 bits per heavy atom. The lowest BCUT2D eigenvalue weighted by molar-refractivity contribution is -0.149. The molecule has 6 heteroatoms. The quantitative estimate of drug-likeness (QED) is 0.870. The van der Waals surface area contributed by atoms with Gasteiger partial charge in [-0.05, 0) is 36.5 Å². The van der Waals surface area contributed by atoms with Crippen molar-refractivity contribution >= 4 is 23.6 Å². The molecule has 1 heterocycles. The number of thioether (sulfide) groups is 1. The van der Waals surface area contributed by atoms with Gasteiger partial charge < -0.3 is 14.7 Å². The maximum absolute atomic E-state index is 13.0. The minimum Gasteiger partial charge on any atom is -0.497 e. The zero-order valence-electron chi connectivity index (χ0n) is 14.5. The largest absolute Gasteiger partial charge is 0.497 e. The van der Waals surface area contributed by atoms with Crippen LogP contribution in [0.4, 0.5) is 0 Å². The van der Waals surface area contributed by atoms with Gasteiger partial charge in [0.25, 0.3) is 0 Å². The van der Waals surface area contributed by atoms with Gasteiger partial charge in [-0.1, -0.05) is 31.4 Å². The van der Waals surface area contributed by atoms with Gasteiger partial charge in [-0.3, -0.25) is 4.79 Å². The second-order valence-electron chi connectivity index (χ2n) is 6.80. The Morgan fingerprint density at radius 1 is 1.20 bits per heavy atom. The van der Waals surface area contributed by atoms with E-state index in [0.29, 0.717) is 11.7 Å². The van der Waals surface area contributed by atoms with Crippen molar-refractivity contribution in [3.63, 3.8) is 0 Å². The van der Waals surface area contributed by atoms with Crippen LogP contribution in [0.2, 0.25) is 0 Å². The third kappa shape index (κ3) is 4.11. The molecule has 2 fully saturated rings. The van der Waals surface area contributed by atoms with Crippen LogP contribution < -0.4 is 4.74 Å². The number of hydrogen-bond acceptors (Lipinski definition) is 4. The van der Waals surface area contributed by atoms with Crippen LogP contribution in [0.15, 0.2) is 24.3 Å². The predicted molar refractivity (Wildman–Crippen MR) is 97.8 cm³/mol. The third-order valence-electron chi connectivity index (χ3n) is 5.18. The van der Waals surface area contributed by atoms with Crippen molar-refractivity contribution in [2.75, 3.05) is 12.9 Å². The molecule has 1 saturated carbocycles. The van der Waals surface area contributed by atoms with E-state index in [1.165, 1.54) is 19.3 Å². The summed E-state index contributed by atoms with van der Waals surface area (Å²) in [5, 5.41) is 9.57. The fourth-order valence-electron chi connectivity index (χ4n) is 3.83. The standard InChI is InChI=1S/C19H25NO4S/c1-24-15-9-7-13(8-10-15)11-17(21)20-16(19(22)23)12-25-18(20)14-5-3-2-4-6-14/h7-10,14,16,18H,2-6,11-12H2,1H3,(H,22,23). The number of methoxy groups -OCH3 is 1. The summed E-state index contributed by atoms with van der Waals surface area (Å²) in [4.78, 5) is 26.3. The molecule has 1 aliphatic heterocycles. The lowest BCUT2D eigenvalue weighted by Gasteiger charge is -2.35. The number of aliphatic carboxylic acids is 1. The Kier molecular flexibility index (Phi) is 5.89. The molecule has 136 valence electrons. The van der Waals surface area contributed by atoms with Gasteiger partial charge >= 0.3 is 5.97 Å². The average Bonchev–Trinajstić information content (AvgIpc) is 3.08. The molecule has 2 unspecified atom stereocenters. The minimum atomic E-state index is -0.895. The molecule has 2 aliphatic rings. The first-order valence-electron chi connectivity index (χ1n) is 8.88. The van der Waals surface area contributed by atoms with Crippen LogP contribution in [0.3, 0.4) is 0 Å². The van der Waals surface area contributed by atoms with Crippen molar-refractivity contribution in [2.45, 2.75) is 49.9 Å². The summed E-state index contributed by atoms with van der Waals surface area (Å²) in [5.41, 5.74) is 0.884. The molecule has 1 amide bonds. The number of ether oxygens (including phenoxy) is 1. The SMILES string of the molecule is COc1ccc(CC(=O)N2C(C(=O)O)CSC2C2CCCCC2)cc1. The van der Waals surface area contributed by atoms with E-state index in [2.05, 4.69) is 0 Å². The number of rotatable bonds is 5. The maximum atomic E-state index is 13.0. The second-order valence-corrected chi connectivity index (χ2v) is 7.95. The highest BCUT2D eigenvalue weighted by atomic mass is 32.2. The van der Waals surface area contributed by atoms with E-state index in [-0.39, 0.29) is 17.7 Å². The van der Waals surface area contributed by atoms with E-state index in [1.807, 2.05) is 24.3 Å². The normalized spacial score (nSPS) is 24.3. The van der Waals surface area contributed by atoms with Crippen molar-refractivity contribution in [2.24, 2.45) is 5.92 Å². The van der Waals surface area contributed by atoms with Crippen LogP contribution in [-0.4, -0.2) is 46.2 Å². The van der Waals surface area contributed by atoms with Gasteiger partial charge in [0.2, 0.25) is 5.91 Å². The van der Waals surface area contributed by atoms with Crippen LogP contribution in [0.5, 0.6) is 5.75 Å². The third-order valence-corrected chi connectivity index (χ3v) is 6.64. The number of benzene rings is 1. The number of carboxylic acid groups (broad SMARTS) is 1. The smallest absolute Gasteiger partial charge is 0.327 e. The monoisotopic (exact) mass is 363 g/mol. The molecular formula is C19H25NO4S. The summed E-state index contributed by atoms with van der Waals surface area (Å²) in [6, 6.07) is 6.68. The van der Waals surface area contributed by atoms with Crippen LogP contribution in [0, 0.1) is 5.92 Å². The van der Waals surface area contributed by atoms with Crippen molar-refractivity contribution < 1.29 is 19.4 Å². The summed E-state index contributed by atoms with van der Waals surface area (Å²) >= 11 is 1.64. The fourth-order valence-corrected chi connectivity index (χ4v) is 5.48. The molecule has 1 aliphatic carbocycles. The molecule has 0 radical (unpaired) electrons. The molecule has 1 aromatic carbocycles. The summed E-state index contributed by atoms with van der Waals surface area (Å²) in [5.74, 6) is 0.677. The van der Waals surface area contributed by atoms with Crippen molar-refractivity contribution in [3.05, 3.63) is 29.8 Å². The molecule has 0 aromatic heterocycles. The van der Waals surface area contributed by atoms with Gasteiger partial charge in [0, 0.05) is 5.75 Å². The zero-order chi connectivity index (χ0) is 17.8. The number of carbonyl (C=O) groups excluding carboxylic acids is 1. The maximum Gasteiger partial charge on any atom is 0.327 e. The van der Waals surface area contributed by atoms with Crippen molar-refractivity contribution in [1.82, 2.24) is 4.90 Å². The number of nitrogens with zero attached hydrogens (tertiary/aromatic N) is 1. The second kappa shape index (κ2) is 8.13. The van der Waals surface area contributed by atoms with E-state index >= 15 is 0 Å². The van der Waals surface area contributed by atoms with Crippen LogP contribution >= 0.6 is 11.8 Å². The summed E-state index contributed by atoms with van der Waals surface area (Å²) in [7, 11) is 1.61. The summed E-state index contributed by atoms with van der Waals surface area (Å²) in [6.45, 7) is 0. The first-order chi connectivity index (χ1) is 12.1. The molecule has 0 bridgehead atoms. The highest BCUT2D eigenvalue weighted by Gasteiger charge is 2.44. The Morgan fingerprint density at radius 3 is 2.48 bits per heavy atom. The average molecular weight is 363 g/mol. The lowest BCUT2D eigenvalue weighted by atomic mass is 9.88. The van der Waals surface area contributed by atoms with Crippen LogP contribution in [0.1, 0.15) is 37.7 Å². The zero-order valence-corrected chi connectivity index (χ0v) is 15.3. The van der Waals surface area contributed by atoms with E-state index in [1.54, 1.807) is 23.8 Å². The van der Waals surface area contributed by atoms with E-state index in [0.717, 1.165) is 24.2 Å². The van der Waals surface area contributed by atoms with Crippen LogP contribution in [-0.2, 0) is 16.0 Å². The van der Waals surface area contributed by atoms with Crippen molar-refractivity contribution in [1.29, 1.82) is 0 Å². The van der Waals surface area contributed by atoms with E-state index < -0.39 is 12.0 Å². The van der Waals surface area contributed by atoms with Crippen LogP contribution in [0.25, 0.3) is 0 Å². The van der Waals surface area contributed by atoms with Crippen molar-refractivity contribution in [3.8, 4) is 5.75 Å². The van der Waals surface area contributed by atoms with Gasteiger partial charge in [0.1, 0.15) is 11.8 Å². The van der Waals surface area contributed by atoms with E-state index in [9.17, 15) is 14.7 Å². The molecule has 0 spiro atoms. The van der Waals surface area contributed by atoms with Gasteiger partial charge in [0.05, 0.1) is 18.9 Å². The molecule has 1 saturated heterocycles. The Balaban J connectivity index is 1.75.